The third kappa shape index (κ3) is 5.93. The number of carbonyl (C=O) groups is 1. The van der Waals surface area contributed by atoms with Crippen LogP contribution in [0.1, 0.15) is 44.1 Å². The van der Waals surface area contributed by atoms with Gasteiger partial charge in [-0.25, -0.2) is 8.42 Å². The summed E-state index contributed by atoms with van der Waals surface area (Å²) in [5.41, 5.74) is 0.503. The van der Waals surface area contributed by atoms with E-state index in [9.17, 15) is 13.2 Å². The minimum Gasteiger partial charge on any atom is -0.493 e. The summed E-state index contributed by atoms with van der Waals surface area (Å²) in [6.07, 6.45) is 4.78. The van der Waals surface area contributed by atoms with Gasteiger partial charge in [0.1, 0.15) is 5.75 Å². The minimum absolute atomic E-state index is 0.148. The first-order valence-electron chi connectivity index (χ1n) is 12.0. The third-order valence-electron chi connectivity index (χ3n) is 7.00. The second kappa shape index (κ2) is 10.7. The first-order valence-corrected chi connectivity index (χ1v) is 13.8. The maximum absolute atomic E-state index is 13.2. The summed E-state index contributed by atoms with van der Waals surface area (Å²) in [7, 11) is -3.57. The Morgan fingerprint density at radius 3 is 2.32 bits per heavy atom. The number of carbonyl (C=O) groups excluding carboxylic acids is 1. The van der Waals surface area contributed by atoms with Gasteiger partial charge in [0.25, 0.3) is 0 Å². The van der Waals surface area contributed by atoms with Crippen molar-refractivity contribution in [2.45, 2.75) is 50.3 Å². The van der Waals surface area contributed by atoms with E-state index in [1.807, 2.05) is 30.0 Å². The molecule has 2 saturated heterocycles. The Morgan fingerprint density at radius 2 is 1.68 bits per heavy atom. The van der Waals surface area contributed by atoms with E-state index in [1.54, 1.807) is 34.6 Å². The minimum atomic E-state index is -3.57. The van der Waals surface area contributed by atoms with Crippen molar-refractivity contribution in [3.63, 3.8) is 0 Å². The lowest BCUT2D eigenvalue weighted by Crippen LogP contribution is -2.48. The summed E-state index contributed by atoms with van der Waals surface area (Å²) >= 11 is 5.99. The third-order valence-corrected chi connectivity index (χ3v) is 9.15. The Balaban J connectivity index is 1.49. The normalized spacial score (nSPS) is 19.1. The van der Waals surface area contributed by atoms with Gasteiger partial charge < -0.3 is 9.64 Å². The van der Waals surface area contributed by atoms with Gasteiger partial charge in [-0.15, -0.1) is 0 Å². The highest BCUT2D eigenvalue weighted by atomic mass is 35.5. The van der Waals surface area contributed by atoms with Crippen LogP contribution in [0.2, 0.25) is 5.02 Å². The first kappa shape index (κ1) is 25.0. The van der Waals surface area contributed by atoms with Crippen molar-refractivity contribution in [2.24, 2.45) is 5.41 Å². The predicted octanol–water partition coefficient (Wildman–Crippen LogP) is 4.90. The van der Waals surface area contributed by atoms with Crippen molar-refractivity contribution in [1.82, 2.24) is 9.21 Å². The molecule has 1 amide bonds. The molecule has 0 spiro atoms. The number of piperidine rings is 2. The zero-order chi connectivity index (χ0) is 24.2. The average Bonchev–Trinajstić information content (AvgIpc) is 2.84. The molecule has 34 heavy (non-hydrogen) atoms. The largest absolute Gasteiger partial charge is 0.493 e. The fourth-order valence-corrected chi connectivity index (χ4v) is 6.51. The Hall–Kier alpha value is -2.09. The molecule has 4 rings (SSSR count). The smallest absolute Gasteiger partial charge is 0.243 e. The van der Waals surface area contributed by atoms with Crippen LogP contribution in [0.25, 0.3) is 0 Å². The second-order valence-corrected chi connectivity index (χ2v) is 12.0. The molecule has 0 unspecified atom stereocenters. The van der Waals surface area contributed by atoms with E-state index >= 15 is 0 Å². The SMILES string of the molecule is Cc1cccc(S(=O)(=O)N2CCC(COc3ccc(Cl)cc3)(CC(=O)N3CCCCC3)CC2)c1. The van der Waals surface area contributed by atoms with Crippen molar-refractivity contribution >= 4 is 27.5 Å². The molecule has 8 heteroatoms. The van der Waals surface area contributed by atoms with Gasteiger partial charge >= 0.3 is 0 Å². The average molecular weight is 505 g/mol. The standard InChI is InChI=1S/C26H33ClN2O4S/c1-21-6-5-7-24(18-21)34(31,32)29-16-12-26(13-17-29,19-25(30)28-14-3-2-4-15-28)20-33-23-10-8-22(27)9-11-23/h5-11,18H,2-4,12-17,19-20H2,1H3. The topological polar surface area (TPSA) is 66.9 Å². The van der Waals surface area contributed by atoms with E-state index in [2.05, 4.69) is 0 Å². The maximum atomic E-state index is 13.2. The highest BCUT2D eigenvalue weighted by molar-refractivity contribution is 7.89. The monoisotopic (exact) mass is 504 g/mol. The van der Waals surface area contributed by atoms with Crippen LogP contribution in [-0.2, 0) is 14.8 Å². The highest BCUT2D eigenvalue weighted by Gasteiger charge is 2.41. The van der Waals surface area contributed by atoms with Gasteiger partial charge in [0, 0.05) is 43.0 Å². The van der Waals surface area contributed by atoms with Crippen LogP contribution in [-0.4, -0.2) is 56.3 Å². The number of hydrogen-bond acceptors (Lipinski definition) is 4. The van der Waals surface area contributed by atoms with E-state index in [0.717, 1.165) is 31.5 Å². The number of nitrogens with zero attached hydrogens (tertiary/aromatic N) is 2. The number of sulfonamides is 1. The van der Waals surface area contributed by atoms with Crippen LogP contribution < -0.4 is 4.74 Å². The van der Waals surface area contributed by atoms with Crippen LogP contribution in [0.4, 0.5) is 0 Å². The van der Waals surface area contributed by atoms with Gasteiger partial charge in [0.05, 0.1) is 11.5 Å². The first-order chi connectivity index (χ1) is 16.3. The van der Waals surface area contributed by atoms with Gasteiger partial charge in [-0.2, -0.15) is 4.31 Å². The van der Waals surface area contributed by atoms with Crippen LogP contribution in [0.15, 0.2) is 53.4 Å². The fraction of sp³-hybridized carbons (Fsp3) is 0.500. The number of hydrogen-bond donors (Lipinski definition) is 0. The fourth-order valence-electron chi connectivity index (χ4n) is 4.84. The molecule has 2 aromatic carbocycles. The van der Waals surface area contributed by atoms with Crippen LogP contribution in [0.5, 0.6) is 5.75 Å². The lowest BCUT2D eigenvalue weighted by Gasteiger charge is -2.42. The van der Waals surface area contributed by atoms with Gasteiger partial charge in [-0.05, 0) is 81.0 Å². The molecule has 6 nitrogen and oxygen atoms in total. The van der Waals surface area contributed by atoms with Gasteiger partial charge in [-0.1, -0.05) is 23.7 Å². The second-order valence-electron chi connectivity index (χ2n) is 9.58. The lowest BCUT2D eigenvalue weighted by molar-refractivity contribution is -0.136. The van der Waals surface area contributed by atoms with Crippen LogP contribution >= 0.6 is 11.6 Å². The molecular weight excluding hydrogens is 472 g/mol. The summed E-state index contributed by atoms with van der Waals surface area (Å²) in [5.74, 6) is 0.846. The van der Waals surface area contributed by atoms with E-state index in [1.165, 1.54) is 6.42 Å². The molecule has 2 aromatic rings. The molecule has 2 heterocycles. The molecule has 0 bridgehead atoms. The molecule has 184 valence electrons. The number of likely N-dealkylation sites (tertiary alicyclic amines) is 1. The molecule has 0 saturated carbocycles. The zero-order valence-corrected chi connectivity index (χ0v) is 21.3. The van der Waals surface area contributed by atoms with E-state index < -0.39 is 15.4 Å². The van der Waals surface area contributed by atoms with Gasteiger partial charge in [0.2, 0.25) is 15.9 Å². The van der Waals surface area contributed by atoms with Gasteiger partial charge in [0.15, 0.2) is 0 Å². The Morgan fingerprint density at radius 1 is 1.00 bits per heavy atom. The molecule has 0 aromatic heterocycles. The van der Waals surface area contributed by atoms with E-state index in [4.69, 9.17) is 16.3 Å². The number of rotatable bonds is 7. The summed E-state index contributed by atoms with van der Waals surface area (Å²) in [6.45, 7) is 4.61. The molecule has 2 aliphatic rings. The molecule has 0 radical (unpaired) electrons. The van der Waals surface area contributed by atoms with Gasteiger partial charge in [-0.3, -0.25) is 4.79 Å². The molecule has 0 aliphatic carbocycles. The van der Waals surface area contributed by atoms with Crippen molar-refractivity contribution in [1.29, 1.82) is 0 Å². The number of benzene rings is 2. The zero-order valence-electron chi connectivity index (χ0n) is 19.7. The quantitative estimate of drug-likeness (QED) is 0.537. The number of amides is 1. The molecule has 0 N–H and O–H groups in total. The number of halogens is 1. The van der Waals surface area contributed by atoms with Crippen LogP contribution in [0, 0.1) is 12.3 Å². The summed E-state index contributed by atoms with van der Waals surface area (Å²) in [4.78, 5) is 15.5. The summed E-state index contributed by atoms with van der Waals surface area (Å²) in [5, 5.41) is 0.636. The molecular formula is C26H33ClN2O4S. The maximum Gasteiger partial charge on any atom is 0.243 e. The Labute approximate surface area is 207 Å². The molecule has 2 fully saturated rings. The van der Waals surface area contributed by atoms with Crippen LogP contribution in [0.3, 0.4) is 0 Å². The van der Waals surface area contributed by atoms with Crippen molar-refractivity contribution < 1.29 is 17.9 Å². The van der Waals surface area contributed by atoms with Crippen molar-refractivity contribution in [3.8, 4) is 5.75 Å². The predicted molar refractivity (Wildman–Crippen MR) is 134 cm³/mol. The van der Waals surface area contributed by atoms with E-state index in [-0.39, 0.29) is 5.91 Å². The van der Waals surface area contributed by atoms with E-state index in [0.29, 0.717) is 54.6 Å². The Kier molecular flexibility index (Phi) is 7.85. The summed E-state index contributed by atoms with van der Waals surface area (Å²) in [6, 6.07) is 14.2. The summed E-state index contributed by atoms with van der Waals surface area (Å²) < 4.78 is 34.1. The number of ether oxygens (including phenoxy) is 1. The highest BCUT2D eigenvalue weighted by Crippen LogP contribution is 2.38. The van der Waals surface area contributed by atoms with Crippen molar-refractivity contribution in [3.05, 3.63) is 59.1 Å². The van der Waals surface area contributed by atoms with Crippen molar-refractivity contribution in [2.75, 3.05) is 32.8 Å². The molecule has 2 aliphatic heterocycles. The molecule has 0 atom stereocenters. The number of aryl methyl sites for hydroxylation is 1. The Bertz CT molecular complexity index is 1090. The lowest BCUT2D eigenvalue weighted by atomic mass is 9.76.